The smallest absolute Gasteiger partial charge is 0.328 e. The molecule has 9 atom stereocenters. The first-order valence-electron chi connectivity index (χ1n) is 20.8. The highest BCUT2D eigenvalue weighted by molar-refractivity contribution is 5.99. The van der Waals surface area contributed by atoms with Gasteiger partial charge in [-0.3, -0.25) is 48.1 Å². The van der Waals surface area contributed by atoms with Crippen molar-refractivity contribution in [2.75, 3.05) is 19.7 Å². The van der Waals surface area contributed by atoms with Gasteiger partial charge in [0, 0.05) is 37.8 Å². The number of H-pyrrole nitrogens is 1. The number of primary amides is 1. The molecule has 2 heterocycles. The number of likely N-dealkylation sites (tertiary alicyclic amines) is 1. The minimum Gasteiger partial charge on any atom is -0.481 e. The predicted molar refractivity (Wildman–Crippen MR) is 227 cm³/mol. The van der Waals surface area contributed by atoms with Gasteiger partial charge in [-0.1, -0.05) is 20.3 Å². The number of aliphatic hydroxyl groups is 1. The Kier molecular flexibility index (Phi) is 22.2. The van der Waals surface area contributed by atoms with Crippen molar-refractivity contribution in [3.63, 3.8) is 0 Å². The lowest BCUT2D eigenvalue weighted by Crippen LogP contribution is -2.61. The number of aliphatic hydroxyl groups excluding tert-OH is 1. The molecule has 18 N–H and O–H groups in total. The van der Waals surface area contributed by atoms with Crippen LogP contribution in [0.1, 0.15) is 77.8 Å². The van der Waals surface area contributed by atoms with Gasteiger partial charge in [0.15, 0.2) is 5.96 Å². The Labute approximate surface area is 373 Å². The molecule has 1 saturated heterocycles. The van der Waals surface area contributed by atoms with Gasteiger partial charge in [-0.2, -0.15) is 0 Å². The standard InChI is InChI=1S/C38H62N14O13/c1-4-18(2)29(51-33(60)24(14-27(40)54)49-32(59)22(9-10-28(55)56)47-31(58)21(39)13-20-15-43-17-45-20)35(62)46-19(3)30(57)48-23(7-5-11-44-38(41)42)36(63)52-12-6-8-26(52)34(61)50-25(16-53)37(64)65/h15,17-19,21-26,29,53H,4-14,16,39H2,1-3H3,(H2,40,54)(H,43,45)(H,46,62)(H,47,58)(H,48,57)(H,49,59)(H,50,61)(H,51,60)(H,55,56)(H,64,65)(H4,41,42,44)/t18-,19-,21-,22-,23-,24-,25-,26-,29-/m0/s1. The third kappa shape index (κ3) is 18.0. The summed E-state index contributed by atoms with van der Waals surface area (Å²) >= 11 is 0. The second kappa shape index (κ2) is 26.7. The Morgan fingerprint density at radius 3 is 2.06 bits per heavy atom. The molecule has 362 valence electrons. The van der Waals surface area contributed by atoms with E-state index in [1.54, 1.807) is 13.8 Å². The van der Waals surface area contributed by atoms with Crippen LogP contribution in [0.4, 0.5) is 0 Å². The van der Waals surface area contributed by atoms with Crippen LogP contribution in [-0.2, 0) is 54.4 Å². The fraction of sp³-hybridized carbons (Fsp3) is 0.632. The average molecular weight is 923 g/mol. The zero-order valence-corrected chi connectivity index (χ0v) is 36.4. The number of nitrogens with two attached hydrogens (primary N) is 4. The fourth-order valence-corrected chi connectivity index (χ4v) is 6.56. The summed E-state index contributed by atoms with van der Waals surface area (Å²) in [5.41, 5.74) is 22.7. The molecule has 0 saturated carbocycles. The summed E-state index contributed by atoms with van der Waals surface area (Å²) in [5.74, 6) is -11.0. The summed E-state index contributed by atoms with van der Waals surface area (Å²) in [6.07, 6.45) is 1.88. The summed E-state index contributed by atoms with van der Waals surface area (Å²) in [6, 6.07) is -11.3. The molecule has 0 spiro atoms. The summed E-state index contributed by atoms with van der Waals surface area (Å²) < 4.78 is 0. The lowest BCUT2D eigenvalue weighted by molar-refractivity contribution is -0.145. The Morgan fingerprint density at radius 2 is 1.49 bits per heavy atom. The number of rotatable bonds is 28. The molecular formula is C38H62N14O13. The zero-order valence-electron chi connectivity index (χ0n) is 36.4. The molecule has 0 unspecified atom stereocenters. The molecular weight excluding hydrogens is 861 g/mol. The van der Waals surface area contributed by atoms with Crippen LogP contribution < -0.4 is 54.8 Å². The first-order valence-corrected chi connectivity index (χ1v) is 20.8. The van der Waals surface area contributed by atoms with Gasteiger partial charge in [0.1, 0.15) is 42.3 Å². The molecule has 8 amide bonds. The van der Waals surface area contributed by atoms with E-state index in [4.69, 9.17) is 22.9 Å². The Bertz CT molecular complexity index is 1880. The van der Waals surface area contributed by atoms with E-state index in [1.807, 2.05) is 0 Å². The van der Waals surface area contributed by atoms with E-state index in [1.165, 1.54) is 24.3 Å². The summed E-state index contributed by atoms with van der Waals surface area (Å²) in [7, 11) is 0. The number of aromatic amines is 1. The third-order valence-electron chi connectivity index (χ3n) is 10.4. The topological polar surface area (TPSA) is 452 Å². The summed E-state index contributed by atoms with van der Waals surface area (Å²) in [5, 5.41) is 42.3. The minimum absolute atomic E-state index is 0.0195. The van der Waals surface area contributed by atoms with Crippen LogP contribution in [0.15, 0.2) is 17.5 Å². The number of carbonyl (C=O) groups excluding carboxylic acids is 8. The number of imidazole rings is 1. The number of hydrogen-bond donors (Lipinski definition) is 14. The number of carbonyl (C=O) groups is 10. The second-order valence-electron chi connectivity index (χ2n) is 15.5. The monoisotopic (exact) mass is 922 g/mol. The van der Waals surface area contributed by atoms with Gasteiger partial charge >= 0.3 is 11.9 Å². The van der Waals surface area contributed by atoms with Gasteiger partial charge in [0.05, 0.1) is 25.4 Å². The van der Waals surface area contributed by atoms with E-state index in [-0.39, 0.29) is 51.2 Å². The quantitative estimate of drug-likeness (QED) is 0.0211. The van der Waals surface area contributed by atoms with Crippen molar-refractivity contribution >= 4 is 65.2 Å². The van der Waals surface area contributed by atoms with E-state index in [0.29, 0.717) is 12.1 Å². The highest BCUT2D eigenvalue weighted by Crippen LogP contribution is 2.20. The largest absolute Gasteiger partial charge is 0.481 e. The van der Waals surface area contributed by atoms with Gasteiger partial charge in [0.25, 0.3) is 0 Å². The van der Waals surface area contributed by atoms with Crippen LogP contribution in [0.25, 0.3) is 0 Å². The van der Waals surface area contributed by atoms with Crippen LogP contribution in [0.2, 0.25) is 0 Å². The molecule has 2 rings (SSSR count). The molecule has 1 aromatic heterocycles. The minimum atomic E-state index is -1.73. The number of aliphatic carboxylic acids is 2. The van der Waals surface area contributed by atoms with Gasteiger partial charge in [-0.15, -0.1) is 0 Å². The Morgan fingerprint density at radius 1 is 0.846 bits per heavy atom. The molecule has 27 nitrogen and oxygen atoms in total. The summed E-state index contributed by atoms with van der Waals surface area (Å²) in [6.45, 7) is 3.81. The van der Waals surface area contributed by atoms with Crippen LogP contribution >= 0.6 is 0 Å². The molecule has 0 radical (unpaired) electrons. The lowest BCUT2D eigenvalue weighted by atomic mass is 9.97. The average Bonchev–Trinajstić information content (AvgIpc) is 3.96. The normalized spacial score (nSPS) is 17.0. The molecule has 1 aliphatic heterocycles. The number of carboxylic acid groups (broad SMARTS) is 2. The summed E-state index contributed by atoms with van der Waals surface area (Å²) in [4.78, 5) is 141. The van der Waals surface area contributed by atoms with Crippen LogP contribution in [-0.4, -0.2) is 163 Å². The molecule has 0 bridgehead atoms. The van der Waals surface area contributed by atoms with Crippen molar-refractivity contribution in [1.82, 2.24) is 46.8 Å². The van der Waals surface area contributed by atoms with Crippen molar-refractivity contribution in [3.05, 3.63) is 18.2 Å². The van der Waals surface area contributed by atoms with E-state index >= 15 is 0 Å². The fourth-order valence-electron chi connectivity index (χ4n) is 6.56. The highest BCUT2D eigenvalue weighted by Gasteiger charge is 2.40. The second-order valence-corrected chi connectivity index (χ2v) is 15.5. The van der Waals surface area contributed by atoms with Crippen molar-refractivity contribution in [2.45, 2.75) is 127 Å². The van der Waals surface area contributed by atoms with E-state index < -0.39 is 139 Å². The number of carboxylic acids is 2. The van der Waals surface area contributed by atoms with E-state index in [0.717, 1.165) is 0 Å². The number of guanidine groups is 1. The SMILES string of the molecule is CC[C@H](C)[C@H](NC(=O)[C@H](CC(N)=O)NC(=O)[C@H](CCC(=O)O)NC(=O)[C@@H](N)Cc1cnc[nH]1)C(=O)N[C@@H](C)C(=O)N[C@@H](CCCN=C(N)N)C(=O)N1CCC[C@H]1C(=O)N[C@@H](CO)C(=O)O. The molecule has 1 aromatic rings. The molecule has 27 heteroatoms. The van der Waals surface area contributed by atoms with Gasteiger partial charge in [0.2, 0.25) is 47.3 Å². The van der Waals surface area contributed by atoms with Gasteiger partial charge in [-0.05, 0) is 44.9 Å². The number of nitrogens with zero attached hydrogens (tertiary/aromatic N) is 3. The molecule has 65 heavy (non-hydrogen) atoms. The maximum absolute atomic E-state index is 13.9. The molecule has 1 aliphatic rings. The van der Waals surface area contributed by atoms with Crippen LogP contribution in [0.5, 0.6) is 0 Å². The molecule has 0 aromatic carbocycles. The number of aromatic nitrogens is 2. The maximum Gasteiger partial charge on any atom is 0.328 e. The highest BCUT2D eigenvalue weighted by atomic mass is 16.4. The molecule has 0 aliphatic carbocycles. The van der Waals surface area contributed by atoms with Crippen molar-refractivity contribution in [2.24, 2.45) is 33.8 Å². The van der Waals surface area contributed by atoms with Crippen molar-refractivity contribution in [1.29, 1.82) is 0 Å². The first kappa shape index (κ1) is 54.2. The Hall–Kier alpha value is -6.90. The van der Waals surface area contributed by atoms with E-state index in [9.17, 15) is 63.3 Å². The van der Waals surface area contributed by atoms with Crippen molar-refractivity contribution < 1.29 is 63.3 Å². The third-order valence-corrected chi connectivity index (χ3v) is 10.4. The van der Waals surface area contributed by atoms with Crippen molar-refractivity contribution in [3.8, 4) is 0 Å². The van der Waals surface area contributed by atoms with Gasteiger partial charge < -0.3 is 80.0 Å². The van der Waals surface area contributed by atoms with E-state index in [2.05, 4.69) is 46.9 Å². The predicted octanol–water partition coefficient (Wildman–Crippen LogP) is -5.88. The first-order chi connectivity index (χ1) is 30.6. The van der Waals surface area contributed by atoms with Crippen LogP contribution in [0.3, 0.4) is 0 Å². The number of hydrogen-bond acceptors (Lipinski definition) is 14. The van der Waals surface area contributed by atoms with Gasteiger partial charge in [-0.25, -0.2) is 9.78 Å². The maximum atomic E-state index is 13.9. The number of aliphatic imine (C=N–C) groups is 1. The van der Waals surface area contributed by atoms with Crippen LogP contribution in [0, 0.1) is 5.92 Å². The Balaban J connectivity index is 2.26. The number of amides is 8. The zero-order chi connectivity index (χ0) is 49.0. The lowest BCUT2D eigenvalue weighted by Gasteiger charge is -2.30. The molecule has 1 fully saturated rings. The number of nitrogens with one attached hydrogen (secondary N) is 7.